The zero-order valence-electron chi connectivity index (χ0n) is 8.50. The Balaban J connectivity index is 2.34. The van der Waals surface area contributed by atoms with Gasteiger partial charge in [-0.25, -0.2) is 4.39 Å². The molecule has 4 N–H and O–H groups in total. The predicted molar refractivity (Wildman–Crippen MR) is 57.1 cm³/mol. The van der Waals surface area contributed by atoms with Gasteiger partial charge >= 0.3 is 0 Å². The second kappa shape index (κ2) is 5.82. The quantitative estimate of drug-likeness (QED) is 0.651. The molecule has 86 valence electrons. The van der Waals surface area contributed by atoms with Gasteiger partial charge < -0.3 is 11.1 Å². The number of amides is 2. The molecular formula is C10H12FN3O2. The average molecular weight is 225 g/mol. The summed E-state index contributed by atoms with van der Waals surface area (Å²) in [5.74, 6) is -1.23. The molecule has 0 bridgehead atoms. The van der Waals surface area contributed by atoms with Gasteiger partial charge in [0.1, 0.15) is 5.82 Å². The largest absolute Gasteiger partial charge is 0.369 e. The minimum Gasteiger partial charge on any atom is -0.369 e. The third-order valence-electron chi connectivity index (χ3n) is 1.71. The summed E-state index contributed by atoms with van der Waals surface area (Å²) in [5, 5.41) is 5.08. The Bertz CT molecular complexity index is 378. The van der Waals surface area contributed by atoms with Gasteiger partial charge in [0.25, 0.3) is 0 Å². The van der Waals surface area contributed by atoms with Gasteiger partial charge in [0.05, 0.1) is 13.1 Å². The van der Waals surface area contributed by atoms with Crippen LogP contribution in [0, 0.1) is 5.82 Å². The number of hydrogen-bond acceptors (Lipinski definition) is 3. The van der Waals surface area contributed by atoms with Gasteiger partial charge in [0, 0.05) is 5.69 Å². The molecule has 1 rings (SSSR count). The highest BCUT2D eigenvalue weighted by Gasteiger charge is 2.02. The first kappa shape index (κ1) is 12.1. The van der Waals surface area contributed by atoms with Crippen LogP contribution in [0.1, 0.15) is 0 Å². The van der Waals surface area contributed by atoms with E-state index >= 15 is 0 Å². The van der Waals surface area contributed by atoms with Gasteiger partial charge in [-0.05, 0) is 24.3 Å². The molecule has 0 aliphatic heterocycles. The molecule has 0 aliphatic carbocycles. The van der Waals surface area contributed by atoms with Crippen molar-refractivity contribution in [2.24, 2.45) is 5.73 Å². The van der Waals surface area contributed by atoms with Gasteiger partial charge in [-0.1, -0.05) is 0 Å². The van der Waals surface area contributed by atoms with Crippen LogP contribution in [0.2, 0.25) is 0 Å². The van der Waals surface area contributed by atoms with Crippen molar-refractivity contribution in [3.8, 4) is 0 Å². The molecule has 0 radical (unpaired) electrons. The molecule has 0 fully saturated rings. The Morgan fingerprint density at radius 3 is 2.38 bits per heavy atom. The van der Waals surface area contributed by atoms with E-state index in [2.05, 4.69) is 10.6 Å². The van der Waals surface area contributed by atoms with Crippen LogP contribution in [-0.2, 0) is 9.59 Å². The van der Waals surface area contributed by atoms with E-state index in [4.69, 9.17) is 5.73 Å². The van der Waals surface area contributed by atoms with Gasteiger partial charge in [-0.3, -0.25) is 14.9 Å². The van der Waals surface area contributed by atoms with E-state index in [9.17, 15) is 14.0 Å². The normalized spacial score (nSPS) is 9.81. The molecule has 0 aromatic heterocycles. The lowest BCUT2D eigenvalue weighted by Gasteiger charge is -2.05. The van der Waals surface area contributed by atoms with Gasteiger partial charge in [0.15, 0.2) is 0 Å². The number of primary amides is 1. The lowest BCUT2D eigenvalue weighted by molar-refractivity contribution is -0.117. The molecule has 0 aliphatic rings. The topological polar surface area (TPSA) is 84.2 Å². The zero-order chi connectivity index (χ0) is 12.0. The van der Waals surface area contributed by atoms with Crippen LogP contribution < -0.4 is 16.4 Å². The lowest BCUT2D eigenvalue weighted by atomic mass is 10.3. The summed E-state index contributed by atoms with van der Waals surface area (Å²) < 4.78 is 12.5. The molecule has 2 amide bonds. The van der Waals surface area contributed by atoms with E-state index in [1.165, 1.54) is 24.3 Å². The third-order valence-corrected chi connectivity index (χ3v) is 1.71. The van der Waals surface area contributed by atoms with Crippen LogP contribution in [0.4, 0.5) is 10.1 Å². The summed E-state index contributed by atoms with van der Waals surface area (Å²) in [6.07, 6.45) is 0. The first-order chi connectivity index (χ1) is 7.58. The number of carbonyl (C=O) groups excluding carboxylic acids is 2. The van der Waals surface area contributed by atoms with E-state index in [1.807, 2.05) is 0 Å². The molecule has 0 saturated heterocycles. The number of benzene rings is 1. The summed E-state index contributed by atoms with van der Waals surface area (Å²) in [6, 6.07) is 5.38. The van der Waals surface area contributed by atoms with E-state index in [-0.39, 0.29) is 24.8 Å². The van der Waals surface area contributed by atoms with Crippen molar-refractivity contribution in [3.63, 3.8) is 0 Å². The highest BCUT2D eigenvalue weighted by atomic mass is 19.1. The molecule has 0 spiro atoms. The van der Waals surface area contributed by atoms with E-state index in [0.29, 0.717) is 5.69 Å². The Labute approximate surface area is 91.8 Å². The lowest BCUT2D eigenvalue weighted by Crippen LogP contribution is -2.34. The number of anilines is 1. The fourth-order valence-electron chi connectivity index (χ4n) is 1.04. The molecule has 1 aromatic carbocycles. The van der Waals surface area contributed by atoms with Crippen molar-refractivity contribution in [1.82, 2.24) is 5.32 Å². The molecule has 0 unspecified atom stereocenters. The maximum absolute atomic E-state index is 12.5. The number of hydrogen-bond donors (Lipinski definition) is 3. The molecule has 0 saturated carbocycles. The van der Waals surface area contributed by atoms with Crippen molar-refractivity contribution < 1.29 is 14.0 Å². The second-order valence-electron chi connectivity index (χ2n) is 3.12. The standard InChI is InChI=1S/C10H12FN3O2/c11-7-1-3-8(4-2-7)14-10(16)6-13-5-9(12)15/h1-4,13H,5-6H2,(H2,12,15)(H,14,16). The molecule has 1 aromatic rings. The number of rotatable bonds is 5. The highest BCUT2D eigenvalue weighted by molar-refractivity contribution is 5.92. The minimum atomic E-state index is -0.533. The van der Waals surface area contributed by atoms with Crippen molar-refractivity contribution >= 4 is 17.5 Å². The maximum Gasteiger partial charge on any atom is 0.238 e. The number of nitrogens with two attached hydrogens (primary N) is 1. The average Bonchev–Trinajstić information content (AvgIpc) is 2.21. The third kappa shape index (κ3) is 4.52. The molecule has 6 heteroatoms. The first-order valence-electron chi connectivity index (χ1n) is 4.62. The van der Waals surface area contributed by atoms with Crippen molar-refractivity contribution in [2.45, 2.75) is 0 Å². The smallest absolute Gasteiger partial charge is 0.238 e. The Morgan fingerprint density at radius 2 is 1.81 bits per heavy atom. The number of nitrogens with one attached hydrogen (secondary N) is 2. The van der Waals surface area contributed by atoms with E-state index in [0.717, 1.165) is 0 Å². The fraction of sp³-hybridized carbons (Fsp3) is 0.200. The minimum absolute atomic E-state index is 0.0275. The maximum atomic E-state index is 12.5. The number of carbonyl (C=O) groups is 2. The molecule has 16 heavy (non-hydrogen) atoms. The second-order valence-corrected chi connectivity index (χ2v) is 3.12. The van der Waals surface area contributed by atoms with Gasteiger partial charge in [0.2, 0.25) is 11.8 Å². The van der Waals surface area contributed by atoms with Crippen LogP contribution >= 0.6 is 0 Å². The van der Waals surface area contributed by atoms with Crippen LogP contribution in [0.3, 0.4) is 0 Å². The molecule has 5 nitrogen and oxygen atoms in total. The first-order valence-corrected chi connectivity index (χ1v) is 4.62. The van der Waals surface area contributed by atoms with Crippen LogP contribution in [0.5, 0.6) is 0 Å². The fourth-order valence-corrected chi connectivity index (χ4v) is 1.04. The SMILES string of the molecule is NC(=O)CNCC(=O)Nc1ccc(F)cc1. The van der Waals surface area contributed by atoms with Crippen molar-refractivity contribution in [3.05, 3.63) is 30.1 Å². The monoisotopic (exact) mass is 225 g/mol. The Kier molecular flexibility index (Phi) is 4.41. The summed E-state index contributed by atoms with van der Waals surface area (Å²) in [5.41, 5.74) is 5.37. The van der Waals surface area contributed by atoms with Crippen molar-refractivity contribution in [2.75, 3.05) is 18.4 Å². The van der Waals surface area contributed by atoms with E-state index in [1.54, 1.807) is 0 Å². The summed E-state index contributed by atoms with van der Waals surface area (Å²) in [4.78, 5) is 21.6. The van der Waals surface area contributed by atoms with Gasteiger partial charge in [-0.2, -0.15) is 0 Å². The zero-order valence-corrected chi connectivity index (χ0v) is 8.50. The summed E-state index contributed by atoms with van der Waals surface area (Å²) >= 11 is 0. The number of halogens is 1. The summed E-state index contributed by atoms with van der Waals surface area (Å²) in [6.45, 7) is -0.0862. The van der Waals surface area contributed by atoms with Crippen LogP contribution in [0.25, 0.3) is 0 Å². The van der Waals surface area contributed by atoms with E-state index < -0.39 is 5.91 Å². The Hall–Kier alpha value is -1.95. The Morgan fingerprint density at radius 1 is 1.19 bits per heavy atom. The summed E-state index contributed by atoms with van der Waals surface area (Å²) in [7, 11) is 0. The van der Waals surface area contributed by atoms with Crippen LogP contribution in [-0.4, -0.2) is 24.9 Å². The highest BCUT2D eigenvalue weighted by Crippen LogP contribution is 2.07. The van der Waals surface area contributed by atoms with Crippen LogP contribution in [0.15, 0.2) is 24.3 Å². The predicted octanol–water partition coefficient (Wildman–Crippen LogP) is -0.161. The van der Waals surface area contributed by atoms with Gasteiger partial charge in [-0.15, -0.1) is 0 Å². The van der Waals surface area contributed by atoms with Crippen molar-refractivity contribution in [1.29, 1.82) is 0 Å². The molecule has 0 atom stereocenters. The molecular weight excluding hydrogens is 213 g/mol. The molecule has 0 heterocycles.